The molecule has 3 rings (SSSR count). The minimum absolute atomic E-state index is 0.0958. The minimum atomic E-state index is 0.0958. The molecule has 25 heavy (non-hydrogen) atoms. The molecule has 0 N–H and O–H groups in total. The third-order valence-electron chi connectivity index (χ3n) is 3.49. The van der Waals surface area contributed by atoms with E-state index < -0.39 is 0 Å². The van der Waals surface area contributed by atoms with Crippen LogP contribution in [0.3, 0.4) is 0 Å². The van der Waals surface area contributed by atoms with Crippen LogP contribution in [0, 0.1) is 0 Å². The summed E-state index contributed by atoms with van der Waals surface area (Å²) in [4.78, 5) is 15.0. The molecule has 0 saturated carbocycles. The normalized spacial score (nSPS) is 11.3. The van der Waals surface area contributed by atoms with Gasteiger partial charge in [-0.3, -0.25) is 4.79 Å². The molecule has 124 valence electrons. The van der Waals surface area contributed by atoms with E-state index in [0.717, 1.165) is 16.0 Å². The van der Waals surface area contributed by atoms with Crippen molar-refractivity contribution >= 4 is 34.7 Å². The van der Waals surface area contributed by atoms with Crippen molar-refractivity contribution in [1.82, 2.24) is 0 Å². The van der Waals surface area contributed by atoms with E-state index in [1.54, 1.807) is 11.8 Å². The second-order valence-corrected chi connectivity index (χ2v) is 7.48. The monoisotopic (exact) mass is 362 g/mol. The molecule has 0 aliphatic heterocycles. The van der Waals surface area contributed by atoms with Crippen molar-refractivity contribution in [2.45, 2.75) is 9.79 Å². The zero-order valence-electron chi connectivity index (χ0n) is 13.7. The Balaban J connectivity index is 1.78. The molecule has 3 aromatic rings. The summed E-state index contributed by atoms with van der Waals surface area (Å²) in [5.41, 5.74) is 1.86. The average Bonchev–Trinajstić information content (AvgIpc) is 2.67. The molecule has 0 atom stereocenters. The molecule has 0 unspecified atom stereocenters. The zero-order valence-corrected chi connectivity index (χ0v) is 15.3. The van der Waals surface area contributed by atoms with Crippen LogP contribution in [0.1, 0.15) is 5.56 Å². The molecule has 0 radical (unpaired) electrons. The van der Waals surface area contributed by atoms with Gasteiger partial charge in [0.05, 0.1) is 0 Å². The summed E-state index contributed by atoms with van der Waals surface area (Å²) in [6, 6.07) is 30.0. The molecule has 3 heteroatoms. The van der Waals surface area contributed by atoms with Crippen molar-refractivity contribution in [3.8, 4) is 0 Å². The van der Waals surface area contributed by atoms with E-state index in [2.05, 4.69) is 12.1 Å². The molecule has 0 bridgehead atoms. The van der Waals surface area contributed by atoms with Gasteiger partial charge in [-0.25, -0.2) is 0 Å². The predicted molar refractivity (Wildman–Crippen MR) is 109 cm³/mol. The Morgan fingerprint density at radius 3 is 1.84 bits per heavy atom. The fourth-order valence-electron chi connectivity index (χ4n) is 2.25. The van der Waals surface area contributed by atoms with Crippen molar-refractivity contribution in [2.75, 3.05) is 5.75 Å². The van der Waals surface area contributed by atoms with Gasteiger partial charge in [0, 0.05) is 21.1 Å². The molecule has 0 fully saturated rings. The second-order valence-electron chi connectivity index (χ2n) is 5.38. The lowest BCUT2D eigenvalue weighted by Crippen LogP contribution is -2.00. The molecule has 3 aromatic carbocycles. The lowest BCUT2D eigenvalue weighted by atomic mass is 10.1. The SMILES string of the molecule is O=C(Sc1ccccc1)/C(=C/c1ccccc1)CSc1ccccc1. The molecule has 0 aliphatic carbocycles. The Hall–Kier alpha value is -2.23. The first-order valence-corrected chi connectivity index (χ1v) is 9.82. The number of rotatable bonds is 6. The third kappa shape index (κ3) is 5.66. The van der Waals surface area contributed by atoms with Crippen LogP contribution in [-0.4, -0.2) is 10.9 Å². The summed E-state index contributed by atoms with van der Waals surface area (Å²) in [7, 11) is 0. The van der Waals surface area contributed by atoms with Crippen LogP contribution in [0.5, 0.6) is 0 Å². The fourth-order valence-corrected chi connectivity index (χ4v) is 4.00. The van der Waals surface area contributed by atoms with Gasteiger partial charge in [-0.2, -0.15) is 0 Å². The van der Waals surface area contributed by atoms with Crippen molar-refractivity contribution < 1.29 is 4.79 Å². The van der Waals surface area contributed by atoms with Crippen molar-refractivity contribution in [2.24, 2.45) is 0 Å². The molecule has 0 heterocycles. The molecule has 1 nitrogen and oxygen atoms in total. The highest BCUT2D eigenvalue weighted by atomic mass is 32.2. The van der Waals surface area contributed by atoms with E-state index in [1.807, 2.05) is 84.9 Å². The molecule has 0 spiro atoms. The number of benzene rings is 3. The summed E-state index contributed by atoms with van der Waals surface area (Å²) < 4.78 is 0. The van der Waals surface area contributed by atoms with Crippen LogP contribution in [0.25, 0.3) is 6.08 Å². The smallest absolute Gasteiger partial charge is 0.220 e. The average molecular weight is 363 g/mol. The van der Waals surface area contributed by atoms with Crippen LogP contribution < -0.4 is 0 Å². The van der Waals surface area contributed by atoms with E-state index in [1.165, 1.54) is 16.7 Å². The Bertz CT molecular complexity index is 828. The standard InChI is InChI=1S/C22H18OS2/c23-22(25-21-14-8-3-9-15-21)19(16-18-10-4-1-5-11-18)17-24-20-12-6-2-7-13-20/h1-16H,17H2/b19-16+. The lowest BCUT2D eigenvalue weighted by molar-refractivity contribution is -0.107. The van der Waals surface area contributed by atoms with Crippen molar-refractivity contribution in [1.29, 1.82) is 0 Å². The third-order valence-corrected chi connectivity index (χ3v) is 5.51. The van der Waals surface area contributed by atoms with Gasteiger partial charge in [-0.15, -0.1) is 11.8 Å². The first-order valence-electron chi connectivity index (χ1n) is 8.02. The first-order chi connectivity index (χ1) is 12.3. The van der Waals surface area contributed by atoms with Crippen LogP contribution >= 0.6 is 23.5 Å². The van der Waals surface area contributed by atoms with Gasteiger partial charge in [0.25, 0.3) is 0 Å². The topological polar surface area (TPSA) is 17.1 Å². The van der Waals surface area contributed by atoms with Gasteiger partial charge in [0.15, 0.2) is 0 Å². The molecule has 0 amide bonds. The highest BCUT2D eigenvalue weighted by Crippen LogP contribution is 2.27. The number of carbonyl (C=O) groups is 1. The summed E-state index contributed by atoms with van der Waals surface area (Å²) in [5.74, 6) is 0.650. The summed E-state index contributed by atoms with van der Waals surface area (Å²) in [6.45, 7) is 0. The Morgan fingerprint density at radius 2 is 1.24 bits per heavy atom. The number of hydrogen-bond donors (Lipinski definition) is 0. The van der Waals surface area contributed by atoms with Crippen LogP contribution in [-0.2, 0) is 4.79 Å². The predicted octanol–water partition coefficient (Wildman–Crippen LogP) is 6.18. The van der Waals surface area contributed by atoms with Gasteiger partial charge in [0.2, 0.25) is 5.12 Å². The quantitative estimate of drug-likeness (QED) is 0.385. The van der Waals surface area contributed by atoms with Crippen molar-refractivity contribution in [3.05, 3.63) is 102 Å². The maximum Gasteiger partial charge on any atom is 0.220 e. The van der Waals surface area contributed by atoms with Crippen LogP contribution in [0.4, 0.5) is 0 Å². The molecule has 0 saturated heterocycles. The van der Waals surface area contributed by atoms with Crippen molar-refractivity contribution in [3.63, 3.8) is 0 Å². The first kappa shape index (κ1) is 17.6. The van der Waals surface area contributed by atoms with Crippen LogP contribution in [0.15, 0.2) is 106 Å². The second kappa shape index (κ2) is 9.30. The fraction of sp³-hybridized carbons (Fsp3) is 0.0455. The highest BCUT2D eigenvalue weighted by Gasteiger charge is 2.12. The van der Waals surface area contributed by atoms with Gasteiger partial charge in [-0.05, 0) is 47.7 Å². The van der Waals surface area contributed by atoms with E-state index in [-0.39, 0.29) is 5.12 Å². The minimum Gasteiger partial charge on any atom is -0.282 e. The number of thioether (sulfide) groups is 2. The maximum atomic E-state index is 12.8. The highest BCUT2D eigenvalue weighted by molar-refractivity contribution is 8.14. The zero-order chi connectivity index (χ0) is 17.3. The Morgan fingerprint density at radius 1 is 0.720 bits per heavy atom. The maximum absolute atomic E-state index is 12.8. The summed E-state index contributed by atoms with van der Waals surface area (Å²) in [5, 5.41) is 0.0958. The van der Waals surface area contributed by atoms with Gasteiger partial charge in [0.1, 0.15) is 0 Å². The summed E-state index contributed by atoms with van der Waals surface area (Å²) in [6.07, 6.45) is 1.99. The molecule has 0 aliphatic rings. The van der Waals surface area contributed by atoms with Gasteiger partial charge >= 0.3 is 0 Å². The Labute approximate surface area is 157 Å². The van der Waals surface area contributed by atoms with E-state index in [4.69, 9.17) is 0 Å². The lowest BCUT2D eigenvalue weighted by Gasteiger charge is -2.07. The number of carbonyl (C=O) groups excluding carboxylic acids is 1. The largest absolute Gasteiger partial charge is 0.282 e. The molecule has 0 aromatic heterocycles. The Kier molecular flexibility index (Phi) is 6.55. The number of hydrogen-bond acceptors (Lipinski definition) is 3. The van der Waals surface area contributed by atoms with E-state index in [9.17, 15) is 4.79 Å². The van der Waals surface area contributed by atoms with Gasteiger partial charge in [-0.1, -0.05) is 66.7 Å². The van der Waals surface area contributed by atoms with Crippen LogP contribution in [0.2, 0.25) is 0 Å². The van der Waals surface area contributed by atoms with E-state index in [0.29, 0.717) is 5.75 Å². The van der Waals surface area contributed by atoms with E-state index >= 15 is 0 Å². The summed E-state index contributed by atoms with van der Waals surface area (Å²) >= 11 is 2.97. The molecular weight excluding hydrogens is 344 g/mol. The molecular formula is C22H18OS2. The van der Waals surface area contributed by atoms with Gasteiger partial charge < -0.3 is 0 Å².